The molecule has 0 spiro atoms. The molecule has 0 radical (unpaired) electrons. The third-order valence-electron chi connectivity index (χ3n) is 1.54. The number of aliphatic hydroxyl groups excluding tert-OH is 2. The van der Waals surface area contributed by atoms with Crippen LogP contribution in [0.3, 0.4) is 0 Å². The molecule has 0 aromatic carbocycles. The van der Waals surface area contributed by atoms with Gasteiger partial charge in [-0.25, -0.2) is 4.90 Å². The van der Waals surface area contributed by atoms with E-state index < -0.39 is 6.23 Å². The summed E-state index contributed by atoms with van der Waals surface area (Å²) in [4.78, 5) is 1.50. The first-order chi connectivity index (χ1) is 5.24. The van der Waals surface area contributed by atoms with Crippen LogP contribution in [0.1, 0.15) is 0 Å². The zero-order valence-electron chi connectivity index (χ0n) is 6.14. The zero-order valence-corrected chi connectivity index (χ0v) is 6.14. The lowest BCUT2D eigenvalue weighted by Crippen LogP contribution is -2.55. The molecule has 0 aliphatic carbocycles. The van der Waals surface area contributed by atoms with E-state index in [0.29, 0.717) is 13.3 Å². The molecule has 0 aromatic rings. The van der Waals surface area contributed by atoms with Gasteiger partial charge in [0.25, 0.3) is 0 Å². The summed E-state index contributed by atoms with van der Waals surface area (Å²) in [5.41, 5.74) is 0. The first kappa shape index (κ1) is 8.85. The Kier molecular flexibility index (Phi) is 3.18. The lowest BCUT2D eigenvalue weighted by Gasteiger charge is -2.34. The van der Waals surface area contributed by atoms with Crippen molar-refractivity contribution in [2.75, 3.05) is 26.6 Å². The van der Waals surface area contributed by atoms with Gasteiger partial charge in [-0.1, -0.05) is 0 Å². The van der Waals surface area contributed by atoms with Crippen LogP contribution in [-0.4, -0.2) is 58.2 Å². The van der Waals surface area contributed by atoms with Gasteiger partial charge < -0.3 is 15.4 Å². The Morgan fingerprint density at radius 1 is 1.45 bits per heavy atom. The van der Waals surface area contributed by atoms with Crippen molar-refractivity contribution >= 4 is 0 Å². The highest BCUT2D eigenvalue weighted by molar-refractivity contribution is 4.62. The normalized spacial score (nSPS) is 25.4. The molecule has 0 amide bonds. The van der Waals surface area contributed by atoms with Crippen LogP contribution in [0, 0.1) is 0 Å². The summed E-state index contributed by atoms with van der Waals surface area (Å²) >= 11 is 0. The van der Waals surface area contributed by atoms with Crippen molar-refractivity contribution in [3.8, 4) is 0 Å². The predicted molar refractivity (Wildman–Crippen MR) is 36.3 cm³/mol. The number of hydrogen-bond donors (Lipinski definition) is 4. The highest BCUT2D eigenvalue weighted by Crippen LogP contribution is 1.98. The molecule has 1 aliphatic rings. The lowest BCUT2D eigenvalue weighted by molar-refractivity contribution is -0.187. The smallest absolute Gasteiger partial charge is 0.132 e. The average molecular weight is 163 g/mol. The van der Waals surface area contributed by atoms with Crippen molar-refractivity contribution in [2.45, 2.75) is 6.23 Å². The van der Waals surface area contributed by atoms with Crippen LogP contribution >= 0.6 is 0 Å². The molecule has 0 saturated carbocycles. The van der Waals surface area contributed by atoms with E-state index >= 15 is 0 Å². The Balaban J connectivity index is 2.33. The van der Waals surface area contributed by atoms with Gasteiger partial charge in [-0.15, -0.1) is 0 Å². The van der Waals surface area contributed by atoms with E-state index in [1.165, 1.54) is 4.90 Å². The minimum absolute atomic E-state index is 0.245. The summed E-state index contributed by atoms with van der Waals surface area (Å²) in [6.07, 6.45) is -0.905. The number of hydroxylamine groups is 2. The van der Waals surface area contributed by atoms with E-state index in [-0.39, 0.29) is 13.3 Å². The second-order valence-corrected chi connectivity index (χ2v) is 2.47. The molecule has 1 fully saturated rings. The second kappa shape index (κ2) is 3.96. The number of hydrogen-bond acceptors (Lipinski definition) is 6. The molecule has 0 aromatic heterocycles. The Bertz CT molecular complexity index is 124. The molecule has 1 unspecified atom stereocenters. The van der Waals surface area contributed by atoms with Crippen LogP contribution in [0.15, 0.2) is 0 Å². The van der Waals surface area contributed by atoms with Crippen LogP contribution in [0.25, 0.3) is 0 Å². The summed E-state index contributed by atoms with van der Waals surface area (Å²) in [6.45, 7) is 0.775. The summed E-state index contributed by atoms with van der Waals surface area (Å²) in [5.74, 6) is 0. The van der Waals surface area contributed by atoms with Crippen LogP contribution in [-0.2, 0) is 0 Å². The molecule has 1 rings (SSSR count). The second-order valence-electron chi connectivity index (χ2n) is 2.47. The first-order valence-corrected chi connectivity index (χ1v) is 3.41. The average Bonchev–Trinajstić information content (AvgIpc) is 2.03. The quantitative estimate of drug-likeness (QED) is 0.369. The summed E-state index contributed by atoms with van der Waals surface area (Å²) in [7, 11) is 0. The monoisotopic (exact) mass is 163 g/mol. The van der Waals surface area contributed by atoms with Crippen molar-refractivity contribution in [1.82, 2.24) is 15.3 Å². The maximum Gasteiger partial charge on any atom is 0.132 e. The van der Waals surface area contributed by atoms with E-state index in [9.17, 15) is 0 Å². The Morgan fingerprint density at radius 3 is 2.73 bits per heavy atom. The fraction of sp³-hybridized carbons (Fsp3) is 1.00. The zero-order chi connectivity index (χ0) is 8.27. The molecule has 66 valence electrons. The molecule has 11 heavy (non-hydrogen) atoms. The molecule has 0 bridgehead atoms. The van der Waals surface area contributed by atoms with Crippen molar-refractivity contribution < 1.29 is 15.4 Å². The van der Waals surface area contributed by atoms with Gasteiger partial charge in [0.15, 0.2) is 0 Å². The van der Waals surface area contributed by atoms with E-state index in [2.05, 4.69) is 5.32 Å². The van der Waals surface area contributed by atoms with Crippen molar-refractivity contribution in [3.63, 3.8) is 0 Å². The van der Waals surface area contributed by atoms with E-state index in [1.807, 2.05) is 0 Å². The Hall–Kier alpha value is -0.240. The number of nitrogens with zero attached hydrogens (tertiary/aromatic N) is 2. The fourth-order valence-electron chi connectivity index (χ4n) is 0.947. The summed E-state index contributed by atoms with van der Waals surface area (Å²) < 4.78 is 0. The largest absolute Gasteiger partial charge is 0.392 e. The molecule has 1 heterocycles. The van der Waals surface area contributed by atoms with E-state index in [4.69, 9.17) is 15.4 Å². The van der Waals surface area contributed by atoms with E-state index in [0.717, 1.165) is 5.06 Å². The maximum absolute atomic E-state index is 9.10. The van der Waals surface area contributed by atoms with Gasteiger partial charge in [0.1, 0.15) is 6.23 Å². The molecule has 6 heteroatoms. The van der Waals surface area contributed by atoms with Gasteiger partial charge in [-0.05, 0) is 0 Å². The van der Waals surface area contributed by atoms with Crippen LogP contribution < -0.4 is 5.32 Å². The standard InChI is InChI=1S/C5H13N3O3/c9-1-5(10)7-2-6-3-8(11)4-7/h5-6,9-11H,1-4H2. The van der Waals surface area contributed by atoms with Gasteiger partial charge >= 0.3 is 0 Å². The molecule has 6 nitrogen and oxygen atoms in total. The highest BCUT2D eigenvalue weighted by atomic mass is 16.5. The molecule has 4 N–H and O–H groups in total. The molecule has 1 atom stereocenters. The Morgan fingerprint density at radius 2 is 2.18 bits per heavy atom. The van der Waals surface area contributed by atoms with Gasteiger partial charge in [-0.3, -0.25) is 5.32 Å². The minimum Gasteiger partial charge on any atom is -0.392 e. The third-order valence-corrected chi connectivity index (χ3v) is 1.54. The maximum atomic E-state index is 9.10. The SMILES string of the molecule is OCC(O)N1CNCN(O)C1. The topological polar surface area (TPSA) is 79.2 Å². The van der Waals surface area contributed by atoms with Crippen molar-refractivity contribution in [3.05, 3.63) is 0 Å². The van der Waals surface area contributed by atoms with Crippen molar-refractivity contribution in [2.24, 2.45) is 0 Å². The minimum atomic E-state index is -0.905. The fourth-order valence-corrected chi connectivity index (χ4v) is 0.947. The predicted octanol–water partition coefficient (Wildman–Crippen LogP) is -2.23. The molecular weight excluding hydrogens is 150 g/mol. The summed E-state index contributed by atoms with van der Waals surface area (Å²) in [5, 5.41) is 30.5. The number of rotatable bonds is 2. The third kappa shape index (κ3) is 2.37. The van der Waals surface area contributed by atoms with Gasteiger partial charge in [0.2, 0.25) is 0 Å². The van der Waals surface area contributed by atoms with Crippen LogP contribution in [0.5, 0.6) is 0 Å². The van der Waals surface area contributed by atoms with E-state index in [1.54, 1.807) is 0 Å². The number of nitrogens with one attached hydrogen (secondary N) is 1. The van der Waals surface area contributed by atoms with Gasteiger partial charge in [-0.2, -0.15) is 5.06 Å². The Labute approximate surface area is 64.6 Å². The number of aliphatic hydroxyl groups is 2. The lowest BCUT2D eigenvalue weighted by atomic mass is 10.5. The van der Waals surface area contributed by atoms with Crippen LogP contribution in [0.4, 0.5) is 0 Å². The van der Waals surface area contributed by atoms with Crippen molar-refractivity contribution in [1.29, 1.82) is 0 Å². The summed E-state index contributed by atoms with van der Waals surface area (Å²) in [6, 6.07) is 0. The van der Waals surface area contributed by atoms with Gasteiger partial charge in [0.05, 0.1) is 26.6 Å². The molecular formula is C5H13N3O3. The highest BCUT2D eigenvalue weighted by Gasteiger charge is 2.20. The molecule has 1 aliphatic heterocycles. The molecule has 1 saturated heterocycles. The van der Waals surface area contributed by atoms with Gasteiger partial charge in [0, 0.05) is 0 Å². The van der Waals surface area contributed by atoms with Crippen LogP contribution in [0.2, 0.25) is 0 Å². The first-order valence-electron chi connectivity index (χ1n) is 3.41.